The first-order chi connectivity index (χ1) is 14.7. The third kappa shape index (κ3) is 3.96. The molecule has 4 aromatic rings. The fourth-order valence-electron chi connectivity index (χ4n) is 3.71. The number of unbranched alkanes of at least 4 members (excludes halogenated alkanes) is 1. The summed E-state index contributed by atoms with van der Waals surface area (Å²) < 4.78 is 3.73. The van der Waals surface area contributed by atoms with Gasteiger partial charge in [-0.25, -0.2) is 9.89 Å². The molecule has 0 atom stereocenters. The summed E-state index contributed by atoms with van der Waals surface area (Å²) >= 11 is 0. The zero-order chi connectivity index (χ0) is 20.9. The normalized spacial score (nSPS) is 11.1. The highest BCUT2D eigenvalue weighted by Crippen LogP contribution is 2.29. The van der Waals surface area contributed by atoms with Gasteiger partial charge in [0.15, 0.2) is 5.82 Å². The molecule has 0 unspecified atom stereocenters. The zero-order valence-electron chi connectivity index (χ0n) is 17.4. The van der Waals surface area contributed by atoms with Crippen LogP contribution in [0.3, 0.4) is 0 Å². The molecular weight excluding hydrogens is 376 g/mol. The Balaban J connectivity index is 1.61. The lowest BCUT2D eigenvalue weighted by atomic mass is 9.98. The predicted octanol–water partition coefficient (Wildman–Crippen LogP) is 3.91. The average molecular weight is 403 g/mol. The number of H-pyrrole nitrogens is 1. The van der Waals surface area contributed by atoms with Crippen molar-refractivity contribution in [2.24, 2.45) is 0 Å². The minimum Gasteiger partial charge on any atom is -0.299 e. The molecule has 4 rings (SSSR count). The minimum absolute atomic E-state index is 0.0764. The second kappa shape index (κ2) is 8.90. The molecule has 30 heavy (non-hydrogen) atoms. The molecule has 2 aromatic carbocycles. The van der Waals surface area contributed by atoms with Crippen LogP contribution in [0.2, 0.25) is 0 Å². The highest BCUT2D eigenvalue weighted by molar-refractivity contribution is 5.80. The number of hydrogen-bond donors (Lipinski definition) is 1. The Bertz CT molecular complexity index is 1160. The smallest absolute Gasteiger partial charge is 0.299 e. The first-order valence-electron chi connectivity index (χ1n) is 10.4. The van der Waals surface area contributed by atoms with Gasteiger partial charge in [0.2, 0.25) is 0 Å². The highest BCUT2D eigenvalue weighted by atomic mass is 16.1. The van der Waals surface area contributed by atoms with Gasteiger partial charge in [0, 0.05) is 24.0 Å². The lowest BCUT2D eigenvalue weighted by Crippen LogP contribution is -2.25. The summed E-state index contributed by atoms with van der Waals surface area (Å²) in [4.78, 5) is 12.8. The molecule has 0 aliphatic rings. The van der Waals surface area contributed by atoms with Gasteiger partial charge < -0.3 is 0 Å². The summed E-state index contributed by atoms with van der Waals surface area (Å²) in [7, 11) is 0. The molecular formula is C23H26N6O. The van der Waals surface area contributed by atoms with Crippen LogP contribution in [-0.4, -0.2) is 29.8 Å². The average Bonchev–Trinajstić information content (AvgIpc) is 3.42. The van der Waals surface area contributed by atoms with Crippen LogP contribution in [0.5, 0.6) is 0 Å². The van der Waals surface area contributed by atoms with Crippen LogP contribution < -0.4 is 5.69 Å². The van der Waals surface area contributed by atoms with Gasteiger partial charge in [0.1, 0.15) is 0 Å². The maximum Gasteiger partial charge on any atom is 0.328 e. The number of aromatic amines is 1. The van der Waals surface area contributed by atoms with E-state index in [0.717, 1.165) is 53.8 Å². The summed E-state index contributed by atoms with van der Waals surface area (Å²) in [6, 6.07) is 16.4. The summed E-state index contributed by atoms with van der Waals surface area (Å²) in [5, 5.41) is 14.2. The number of rotatable bonds is 8. The third-order valence-electron chi connectivity index (χ3n) is 5.38. The summed E-state index contributed by atoms with van der Waals surface area (Å²) in [5.74, 6) is 0.641. The lowest BCUT2D eigenvalue weighted by Gasteiger charge is -2.10. The van der Waals surface area contributed by atoms with Crippen LogP contribution in [0.15, 0.2) is 59.5 Å². The lowest BCUT2D eigenvalue weighted by molar-refractivity contribution is 0.592. The number of imidazole rings is 1. The molecule has 1 N–H and O–H groups in total. The molecule has 2 heterocycles. The Morgan fingerprint density at radius 2 is 1.77 bits per heavy atom. The van der Waals surface area contributed by atoms with Crippen molar-refractivity contribution >= 4 is 0 Å². The van der Waals surface area contributed by atoms with E-state index in [1.807, 2.05) is 33.5 Å². The molecule has 7 heteroatoms. The second-order valence-corrected chi connectivity index (χ2v) is 7.38. The van der Waals surface area contributed by atoms with Crippen LogP contribution in [0, 0.1) is 0 Å². The maximum absolute atomic E-state index is 12.8. The topological polar surface area (TPSA) is 81.4 Å². The van der Waals surface area contributed by atoms with Crippen LogP contribution in [0.4, 0.5) is 0 Å². The van der Waals surface area contributed by atoms with Crippen LogP contribution in [-0.2, 0) is 19.5 Å². The van der Waals surface area contributed by atoms with Crippen molar-refractivity contribution in [2.45, 2.75) is 46.2 Å². The van der Waals surface area contributed by atoms with Crippen molar-refractivity contribution in [2.75, 3.05) is 0 Å². The van der Waals surface area contributed by atoms with Gasteiger partial charge in [-0.1, -0.05) is 68.8 Å². The zero-order valence-corrected chi connectivity index (χ0v) is 17.4. The Kier molecular flexibility index (Phi) is 5.88. The first kappa shape index (κ1) is 19.8. The first-order valence-corrected chi connectivity index (χ1v) is 10.4. The van der Waals surface area contributed by atoms with Gasteiger partial charge in [0.25, 0.3) is 0 Å². The molecule has 0 aliphatic heterocycles. The highest BCUT2D eigenvalue weighted by Gasteiger charge is 2.12. The number of aryl methyl sites for hydroxylation is 2. The summed E-state index contributed by atoms with van der Waals surface area (Å²) in [6.07, 6.45) is 4.94. The number of nitrogens with zero attached hydrogens (tertiary/aromatic N) is 5. The molecule has 0 saturated heterocycles. The largest absolute Gasteiger partial charge is 0.328 e. The molecule has 2 aromatic heterocycles. The number of benzene rings is 2. The van der Waals surface area contributed by atoms with E-state index in [1.54, 1.807) is 0 Å². The summed E-state index contributed by atoms with van der Waals surface area (Å²) in [6.45, 7) is 5.59. The van der Waals surface area contributed by atoms with E-state index in [0.29, 0.717) is 12.4 Å². The summed E-state index contributed by atoms with van der Waals surface area (Å²) in [5.41, 5.74) is 5.33. The molecule has 0 radical (unpaired) electrons. The Morgan fingerprint density at radius 1 is 1.00 bits per heavy atom. The SMILES string of the molecule is CCCCn1cc(CC)n(Cc2ccc(-c3ccccc3-c3nnn[nH]3)cc2)c1=O. The van der Waals surface area contributed by atoms with Gasteiger partial charge in [-0.15, -0.1) is 5.10 Å². The Labute approximate surface area is 175 Å². The quantitative estimate of drug-likeness (QED) is 0.484. The van der Waals surface area contributed by atoms with E-state index in [1.165, 1.54) is 0 Å². The van der Waals surface area contributed by atoms with E-state index in [2.05, 4.69) is 64.8 Å². The molecule has 7 nitrogen and oxygen atoms in total. The van der Waals surface area contributed by atoms with Crippen molar-refractivity contribution in [3.05, 3.63) is 76.5 Å². The van der Waals surface area contributed by atoms with E-state index in [4.69, 9.17) is 0 Å². The molecule has 0 amide bonds. The van der Waals surface area contributed by atoms with E-state index < -0.39 is 0 Å². The monoisotopic (exact) mass is 402 g/mol. The number of hydrogen-bond acceptors (Lipinski definition) is 4. The van der Waals surface area contributed by atoms with Gasteiger partial charge in [-0.2, -0.15) is 0 Å². The van der Waals surface area contributed by atoms with E-state index >= 15 is 0 Å². The predicted molar refractivity (Wildman–Crippen MR) is 117 cm³/mol. The van der Waals surface area contributed by atoms with Crippen molar-refractivity contribution in [1.82, 2.24) is 29.8 Å². The molecule has 0 fully saturated rings. The molecule has 0 saturated carbocycles. The molecule has 0 aliphatic carbocycles. The van der Waals surface area contributed by atoms with Crippen LogP contribution >= 0.6 is 0 Å². The fourth-order valence-corrected chi connectivity index (χ4v) is 3.71. The molecule has 0 spiro atoms. The Hall–Kier alpha value is -3.48. The van der Waals surface area contributed by atoms with Gasteiger partial charge >= 0.3 is 5.69 Å². The molecule has 154 valence electrons. The van der Waals surface area contributed by atoms with Crippen molar-refractivity contribution in [3.63, 3.8) is 0 Å². The van der Waals surface area contributed by atoms with Crippen molar-refractivity contribution < 1.29 is 0 Å². The standard InChI is InChI=1S/C23H26N6O/c1-3-5-14-28-16-19(4-2)29(23(28)30)15-17-10-12-18(13-11-17)20-8-6-7-9-21(20)22-24-26-27-25-22/h6-13,16H,3-5,14-15H2,1-2H3,(H,24,25,26,27). The van der Waals surface area contributed by atoms with Gasteiger partial charge in [-0.3, -0.25) is 9.13 Å². The second-order valence-electron chi connectivity index (χ2n) is 7.38. The minimum atomic E-state index is 0.0764. The van der Waals surface area contributed by atoms with Crippen LogP contribution in [0.1, 0.15) is 37.9 Å². The maximum atomic E-state index is 12.8. The van der Waals surface area contributed by atoms with E-state index in [9.17, 15) is 4.79 Å². The fraction of sp³-hybridized carbons (Fsp3) is 0.304. The number of tetrazole rings is 1. The molecule has 0 bridgehead atoms. The van der Waals surface area contributed by atoms with Gasteiger partial charge in [0.05, 0.1) is 6.54 Å². The Morgan fingerprint density at radius 3 is 2.43 bits per heavy atom. The van der Waals surface area contributed by atoms with Crippen molar-refractivity contribution in [1.29, 1.82) is 0 Å². The third-order valence-corrected chi connectivity index (χ3v) is 5.38. The number of aromatic nitrogens is 6. The van der Waals surface area contributed by atoms with E-state index in [-0.39, 0.29) is 5.69 Å². The van der Waals surface area contributed by atoms with Crippen LogP contribution in [0.25, 0.3) is 22.5 Å². The number of nitrogens with one attached hydrogen (secondary N) is 1. The van der Waals surface area contributed by atoms with Crippen molar-refractivity contribution in [3.8, 4) is 22.5 Å². The van der Waals surface area contributed by atoms with Gasteiger partial charge in [-0.05, 0) is 40.0 Å².